The highest BCUT2D eigenvalue weighted by Gasteiger charge is 2.42. The molecule has 7 rings (SSSR count). The summed E-state index contributed by atoms with van der Waals surface area (Å²) in [6, 6.07) is 38.6. The van der Waals surface area contributed by atoms with Crippen molar-refractivity contribution in [3.63, 3.8) is 0 Å². The normalized spacial score (nSPS) is 18.2. The maximum atomic E-state index is 13.2. The van der Waals surface area contributed by atoms with Crippen LogP contribution in [0, 0.1) is 12.8 Å². The molecule has 1 saturated heterocycles. The van der Waals surface area contributed by atoms with Crippen LogP contribution in [0.4, 0.5) is 5.69 Å². The minimum atomic E-state index is -0.941. The third kappa shape index (κ3) is 5.36. The lowest BCUT2D eigenvalue weighted by atomic mass is 9.76. The average molecular weight is 611 g/mol. The molecule has 2 fully saturated rings. The Hall–Kier alpha value is -5.17. The van der Waals surface area contributed by atoms with E-state index in [-0.39, 0.29) is 29.3 Å². The zero-order valence-corrected chi connectivity index (χ0v) is 25.9. The van der Waals surface area contributed by atoms with E-state index in [1.54, 1.807) is 12.1 Å². The van der Waals surface area contributed by atoms with Crippen molar-refractivity contribution in [2.45, 2.75) is 43.7 Å². The lowest BCUT2D eigenvalue weighted by molar-refractivity contribution is -0.123. The van der Waals surface area contributed by atoms with Gasteiger partial charge in [0.05, 0.1) is 23.6 Å². The third-order valence-electron chi connectivity index (χ3n) is 9.70. The van der Waals surface area contributed by atoms with Gasteiger partial charge in [0.1, 0.15) is 5.54 Å². The largest absolute Gasteiger partial charge is 0.478 e. The van der Waals surface area contributed by atoms with Crippen LogP contribution in [0.25, 0.3) is 0 Å². The summed E-state index contributed by atoms with van der Waals surface area (Å²) < 4.78 is 2.32. The maximum absolute atomic E-state index is 13.2. The lowest BCUT2D eigenvalue weighted by Crippen LogP contribution is -2.52. The van der Waals surface area contributed by atoms with Gasteiger partial charge in [0.15, 0.2) is 0 Å². The molecule has 1 aromatic heterocycles. The van der Waals surface area contributed by atoms with Gasteiger partial charge in [0, 0.05) is 36.3 Å². The molecule has 1 saturated carbocycles. The molecule has 2 N–H and O–H groups in total. The van der Waals surface area contributed by atoms with Gasteiger partial charge >= 0.3 is 5.97 Å². The maximum Gasteiger partial charge on any atom is 0.335 e. The SMILES string of the molecule is Cc1c(C2CCN(c3ccc(C(=O)O)cc3)CC2NC(=O)C2CC2)ncn1C(c1ccccc1)(c1ccccc1)c1ccccc1. The van der Waals surface area contributed by atoms with Crippen LogP contribution in [0.3, 0.4) is 0 Å². The molecule has 7 nitrogen and oxygen atoms in total. The number of carboxylic acids is 1. The molecule has 1 aliphatic carbocycles. The van der Waals surface area contributed by atoms with Gasteiger partial charge in [-0.3, -0.25) is 4.79 Å². The number of amides is 1. The van der Waals surface area contributed by atoms with E-state index < -0.39 is 11.5 Å². The molecule has 0 radical (unpaired) electrons. The Labute approximate surface area is 269 Å². The van der Waals surface area contributed by atoms with E-state index >= 15 is 0 Å². The fourth-order valence-corrected chi connectivity index (χ4v) is 7.20. The fraction of sp³-hybridized carbons (Fsp3) is 0.256. The first-order valence-corrected chi connectivity index (χ1v) is 16.1. The van der Waals surface area contributed by atoms with Crippen molar-refractivity contribution in [3.8, 4) is 0 Å². The van der Waals surface area contributed by atoms with E-state index in [0.29, 0.717) is 6.54 Å². The molecule has 5 aromatic rings. The number of carbonyl (C=O) groups is 2. The van der Waals surface area contributed by atoms with Gasteiger partial charge in [-0.05, 0) is 67.1 Å². The smallest absolute Gasteiger partial charge is 0.335 e. The zero-order valence-electron chi connectivity index (χ0n) is 25.9. The second kappa shape index (κ2) is 12.3. The van der Waals surface area contributed by atoms with E-state index in [2.05, 4.69) is 94.5 Å². The molecule has 0 bridgehead atoms. The standard InChI is InChI=1S/C39H38N4O3/c1-27-36(34-23-24-42(25-35(34)41-37(44)28-17-18-28)33-21-19-29(20-22-33)38(45)46)40-26-43(27)39(30-11-5-2-6-12-30,31-13-7-3-8-14-31)32-15-9-4-10-16-32/h2-16,19-22,26,28,34-35H,17-18,23-25H2,1H3,(H,41,44)(H,45,46). The number of carboxylic acid groups (broad SMARTS) is 1. The average Bonchev–Trinajstić information content (AvgIpc) is 3.89. The molecule has 2 heterocycles. The number of hydrogen-bond acceptors (Lipinski definition) is 4. The van der Waals surface area contributed by atoms with Gasteiger partial charge in [-0.1, -0.05) is 91.0 Å². The van der Waals surface area contributed by atoms with Crippen LogP contribution in [0.15, 0.2) is 122 Å². The molecule has 7 heteroatoms. The van der Waals surface area contributed by atoms with E-state index in [1.165, 1.54) is 0 Å². The van der Waals surface area contributed by atoms with Gasteiger partial charge < -0.3 is 19.9 Å². The Morgan fingerprint density at radius 2 is 1.33 bits per heavy atom. The van der Waals surface area contributed by atoms with Gasteiger partial charge in [-0.2, -0.15) is 0 Å². The minimum Gasteiger partial charge on any atom is -0.478 e. The number of rotatable bonds is 9. The molecular weight excluding hydrogens is 572 g/mol. The Balaban J connectivity index is 1.31. The number of nitrogens with zero attached hydrogens (tertiary/aromatic N) is 3. The van der Waals surface area contributed by atoms with Crippen LogP contribution in [0.5, 0.6) is 0 Å². The van der Waals surface area contributed by atoms with Crippen molar-refractivity contribution in [2.75, 3.05) is 18.0 Å². The van der Waals surface area contributed by atoms with Crippen LogP contribution < -0.4 is 10.2 Å². The first-order chi connectivity index (χ1) is 22.5. The van der Waals surface area contributed by atoms with Gasteiger partial charge in [-0.25, -0.2) is 9.78 Å². The molecule has 2 aliphatic rings. The summed E-state index contributed by atoms with van der Waals surface area (Å²) in [5.41, 5.74) is 6.01. The molecule has 1 amide bonds. The Bertz CT molecular complexity index is 1720. The second-order valence-electron chi connectivity index (χ2n) is 12.5. The summed E-state index contributed by atoms with van der Waals surface area (Å²) in [5, 5.41) is 12.8. The summed E-state index contributed by atoms with van der Waals surface area (Å²) in [5.74, 6) is -0.726. The van der Waals surface area contributed by atoms with Gasteiger partial charge in [0.25, 0.3) is 0 Å². The number of aromatic nitrogens is 2. The molecule has 2 unspecified atom stereocenters. The summed E-state index contributed by atoms with van der Waals surface area (Å²) in [7, 11) is 0. The number of anilines is 1. The molecule has 1 aliphatic heterocycles. The highest BCUT2D eigenvalue weighted by atomic mass is 16.4. The highest BCUT2D eigenvalue weighted by molar-refractivity contribution is 5.88. The number of piperidine rings is 1. The summed E-state index contributed by atoms with van der Waals surface area (Å²) in [6.07, 6.45) is 4.65. The molecule has 4 aromatic carbocycles. The molecule has 232 valence electrons. The Morgan fingerprint density at radius 1 is 0.783 bits per heavy atom. The van der Waals surface area contributed by atoms with E-state index in [9.17, 15) is 14.7 Å². The minimum absolute atomic E-state index is 0.0125. The number of hydrogen-bond donors (Lipinski definition) is 2. The monoisotopic (exact) mass is 610 g/mol. The first-order valence-electron chi connectivity index (χ1n) is 16.1. The first kappa shape index (κ1) is 29.5. The predicted molar refractivity (Wildman–Crippen MR) is 179 cm³/mol. The topological polar surface area (TPSA) is 87.5 Å². The van der Waals surface area contributed by atoms with Crippen LogP contribution in [0.2, 0.25) is 0 Å². The summed E-state index contributed by atoms with van der Waals surface area (Å²) >= 11 is 0. The second-order valence-corrected chi connectivity index (χ2v) is 12.5. The highest BCUT2D eigenvalue weighted by Crippen LogP contribution is 2.43. The summed E-state index contributed by atoms with van der Waals surface area (Å²) in [6.45, 7) is 3.53. The molecule has 0 spiro atoms. The van der Waals surface area contributed by atoms with Gasteiger partial charge in [0.2, 0.25) is 5.91 Å². The number of carbonyl (C=O) groups excluding carboxylic acids is 1. The Kier molecular flexibility index (Phi) is 7.91. The van der Waals surface area contributed by atoms with Crippen molar-refractivity contribution in [3.05, 3.63) is 155 Å². The van der Waals surface area contributed by atoms with Crippen LogP contribution in [-0.2, 0) is 10.3 Å². The van der Waals surface area contributed by atoms with Gasteiger partial charge in [-0.15, -0.1) is 0 Å². The fourth-order valence-electron chi connectivity index (χ4n) is 7.20. The van der Waals surface area contributed by atoms with Crippen LogP contribution in [0.1, 0.15) is 63.6 Å². The van der Waals surface area contributed by atoms with Crippen molar-refractivity contribution < 1.29 is 14.7 Å². The van der Waals surface area contributed by atoms with E-state index in [1.807, 2.05) is 36.7 Å². The van der Waals surface area contributed by atoms with Crippen molar-refractivity contribution in [1.82, 2.24) is 14.9 Å². The predicted octanol–water partition coefficient (Wildman–Crippen LogP) is 6.62. The van der Waals surface area contributed by atoms with Crippen LogP contribution in [-0.4, -0.2) is 45.7 Å². The quantitative estimate of drug-likeness (QED) is 0.183. The van der Waals surface area contributed by atoms with Crippen molar-refractivity contribution >= 4 is 17.6 Å². The number of benzene rings is 4. The number of aromatic carboxylic acids is 1. The number of imidazole rings is 1. The molecule has 2 atom stereocenters. The van der Waals surface area contributed by atoms with Crippen molar-refractivity contribution in [1.29, 1.82) is 0 Å². The molecule has 46 heavy (non-hydrogen) atoms. The zero-order chi connectivity index (χ0) is 31.7. The van der Waals surface area contributed by atoms with E-state index in [4.69, 9.17) is 4.98 Å². The van der Waals surface area contributed by atoms with E-state index in [0.717, 1.165) is 59.6 Å². The summed E-state index contributed by atoms with van der Waals surface area (Å²) in [4.78, 5) is 32.0. The van der Waals surface area contributed by atoms with Crippen molar-refractivity contribution in [2.24, 2.45) is 5.92 Å². The Morgan fingerprint density at radius 3 is 1.83 bits per heavy atom. The van der Waals surface area contributed by atoms with Crippen LogP contribution >= 0.6 is 0 Å². The number of nitrogens with one attached hydrogen (secondary N) is 1. The lowest BCUT2D eigenvalue weighted by Gasteiger charge is -2.41. The molecular formula is C39H38N4O3. The third-order valence-corrected chi connectivity index (χ3v) is 9.70.